The zero-order valence-electron chi connectivity index (χ0n) is 23.7. The number of likely N-dealkylation sites (N-methyl/N-ethyl adjacent to an activating group) is 1. The predicted molar refractivity (Wildman–Crippen MR) is 156 cm³/mol. The van der Waals surface area contributed by atoms with E-state index in [-0.39, 0.29) is 23.8 Å². The van der Waals surface area contributed by atoms with Gasteiger partial charge in [0.15, 0.2) is 0 Å². The Kier molecular flexibility index (Phi) is 8.54. The van der Waals surface area contributed by atoms with E-state index in [0.29, 0.717) is 40.7 Å². The van der Waals surface area contributed by atoms with Crippen molar-refractivity contribution in [3.8, 4) is 0 Å². The van der Waals surface area contributed by atoms with Crippen LogP contribution in [0.15, 0.2) is 30.4 Å². The van der Waals surface area contributed by atoms with Crippen molar-refractivity contribution >= 4 is 46.6 Å². The number of benzene rings is 1. The number of rotatable bonds is 9. The predicted octanol–water partition coefficient (Wildman–Crippen LogP) is 4.37. The summed E-state index contributed by atoms with van der Waals surface area (Å²) in [4.78, 5) is 45.8. The number of hydrogen-bond acceptors (Lipinski definition) is 5. The molecule has 2 saturated heterocycles. The molecule has 218 valence electrons. The highest BCUT2D eigenvalue weighted by Crippen LogP contribution is 2.55. The molecule has 0 aromatic heterocycles. The van der Waals surface area contributed by atoms with E-state index < -0.39 is 29.6 Å². The van der Waals surface area contributed by atoms with E-state index in [2.05, 4.69) is 43.2 Å². The third-order valence-corrected chi connectivity index (χ3v) is 10.1. The number of likely N-dealkylation sites (tertiary alicyclic amines) is 1. The number of nitrogens with one attached hydrogen (secondary N) is 2. The minimum Gasteiger partial charge on any atom is -0.359 e. The molecule has 4 aliphatic rings. The van der Waals surface area contributed by atoms with Crippen molar-refractivity contribution in [3.63, 3.8) is 0 Å². The minimum atomic E-state index is -1.19. The fraction of sp³-hybridized carbons (Fsp3) is 0.633. The minimum absolute atomic E-state index is 0.0423. The molecule has 1 aromatic carbocycles. The van der Waals surface area contributed by atoms with Crippen molar-refractivity contribution in [2.45, 2.75) is 70.7 Å². The summed E-state index contributed by atoms with van der Waals surface area (Å²) in [5.41, 5.74) is -0.742. The zero-order valence-corrected chi connectivity index (χ0v) is 25.2. The average molecular weight is 592 g/mol. The molecule has 3 fully saturated rings. The first-order valence-electron chi connectivity index (χ1n) is 14.6. The molecule has 8 atom stereocenters. The first kappa shape index (κ1) is 29.4. The lowest BCUT2D eigenvalue weighted by Crippen LogP contribution is -2.58. The van der Waals surface area contributed by atoms with Gasteiger partial charge < -0.3 is 25.2 Å². The number of anilines is 1. The lowest BCUT2D eigenvalue weighted by atomic mass is 9.73. The normalized spacial score (nSPS) is 34.4. The number of halogens is 2. The summed E-state index contributed by atoms with van der Waals surface area (Å²) in [6, 6.07) is 4.01. The van der Waals surface area contributed by atoms with Crippen molar-refractivity contribution in [3.05, 3.63) is 40.4 Å². The number of amides is 3. The second-order valence-electron chi connectivity index (χ2n) is 11.8. The Morgan fingerprint density at radius 1 is 1.10 bits per heavy atom. The van der Waals surface area contributed by atoms with E-state index in [4.69, 9.17) is 27.9 Å². The molecule has 1 aliphatic carbocycles. The van der Waals surface area contributed by atoms with Gasteiger partial charge in [0.25, 0.3) is 0 Å². The van der Waals surface area contributed by atoms with Crippen molar-refractivity contribution in [1.82, 2.24) is 15.1 Å². The van der Waals surface area contributed by atoms with Gasteiger partial charge in [0.05, 0.1) is 17.9 Å². The van der Waals surface area contributed by atoms with Gasteiger partial charge in [0, 0.05) is 34.9 Å². The van der Waals surface area contributed by atoms with Crippen LogP contribution in [0.1, 0.15) is 47.0 Å². The van der Waals surface area contributed by atoms with Crippen LogP contribution in [-0.2, 0) is 19.1 Å². The Labute approximate surface area is 246 Å². The molecule has 5 rings (SSSR count). The standard InChI is InChI=1S/C30H40Cl2N4O4/c1-5-35(6-2)12-13-36-26(28(38)34-22-9-7-8-17(3)18(22)4)30-11-10-23(40-30)24(25(30)29(36)39)27(37)33-21-15-19(31)14-20(32)16-21/h10-11,14-18,22-26H,5-9,12-13H2,1-4H3,(H,33,37)(H,34,38)/t17-,18-,22+,23-,24+,25-,26-,30-/m0/s1. The third kappa shape index (κ3) is 5.17. The van der Waals surface area contributed by atoms with Gasteiger partial charge in [-0.15, -0.1) is 0 Å². The Bertz CT molecular complexity index is 1170. The first-order chi connectivity index (χ1) is 19.1. The average Bonchev–Trinajstić information content (AvgIpc) is 3.54. The first-order valence-corrected chi connectivity index (χ1v) is 15.3. The van der Waals surface area contributed by atoms with Crippen molar-refractivity contribution in [2.75, 3.05) is 31.5 Å². The number of carbonyl (C=O) groups excluding carboxylic acids is 3. The summed E-state index contributed by atoms with van der Waals surface area (Å²) in [6.45, 7) is 11.3. The van der Waals surface area contributed by atoms with Crippen LogP contribution in [-0.4, -0.2) is 77.5 Å². The maximum atomic E-state index is 14.2. The molecular formula is C30H40Cl2N4O4. The molecule has 3 amide bonds. The molecule has 1 saturated carbocycles. The van der Waals surface area contributed by atoms with Crippen molar-refractivity contribution in [2.24, 2.45) is 23.7 Å². The number of hydrogen-bond donors (Lipinski definition) is 2. The number of carbonyl (C=O) groups is 3. The van der Waals surface area contributed by atoms with Gasteiger partial charge in [-0.05, 0) is 49.5 Å². The van der Waals surface area contributed by atoms with E-state index in [9.17, 15) is 14.4 Å². The van der Waals surface area contributed by atoms with E-state index in [1.165, 1.54) is 0 Å². The third-order valence-electron chi connectivity index (χ3n) is 9.64. The topological polar surface area (TPSA) is 91.0 Å². The molecule has 40 heavy (non-hydrogen) atoms. The summed E-state index contributed by atoms with van der Waals surface area (Å²) in [5, 5.41) is 6.97. The second kappa shape index (κ2) is 11.6. The van der Waals surface area contributed by atoms with Gasteiger partial charge in [-0.25, -0.2) is 0 Å². The fourth-order valence-corrected chi connectivity index (χ4v) is 7.72. The molecule has 1 spiro atoms. The lowest BCUT2D eigenvalue weighted by molar-refractivity contribution is -0.141. The Hall–Kier alpha value is -2.13. The molecule has 10 heteroatoms. The van der Waals surface area contributed by atoms with E-state index in [1.807, 2.05) is 12.2 Å². The number of ether oxygens (including phenoxy) is 1. The smallest absolute Gasteiger partial charge is 0.246 e. The zero-order chi connectivity index (χ0) is 28.8. The van der Waals surface area contributed by atoms with Gasteiger partial charge >= 0.3 is 0 Å². The highest BCUT2D eigenvalue weighted by Gasteiger charge is 2.72. The van der Waals surface area contributed by atoms with Crippen LogP contribution in [0.5, 0.6) is 0 Å². The number of nitrogens with zero attached hydrogens (tertiary/aromatic N) is 2. The second-order valence-corrected chi connectivity index (χ2v) is 12.7. The van der Waals surface area contributed by atoms with Crippen LogP contribution in [0.25, 0.3) is 0 Å². The summed E-state index contributed by atoms with van der Waals surface area (Å²) in [6.07, 6.45) is 6.22. The van der Waals surface area contributed by atoms with Crippen molar-refractivity contribution < 1.29 is 19.1 Å². The Morgan fingerprint density at radius 2 is 1.80 bits per heavy atom. The van der Waals surface area contributed by atoms with Gasteiger partial charge in [0.2, 0.25) is 17.7 Å². The monoisotopic (exact) mass is 590 g/mol. The summed E-state index contributed by atoms with van der Waals surface area (Å²) in [5.74, 6) is -1.49. The summed E-state index contributed by atoms with van der Waals surface area (Å²) in [7, 11) is 0. The van der Waals surface area contributed by atoms with Gasteiger partial charge in [0.1, 0.15) is 11.6 Å². The van der Waals surface area contributed by atoms with Crippen LogP contribution in [0.2, 0.25) is 10.0 Å². The molecule has 2 bridgehead atoms. The van der Waals surface area contributed by atoms with Crippen LogP contribution < -0.4 is 10.6 Å². The van der Waals surface area contributed by atoms with E-state index >= 15 is 0 Å². The molecule has 3 heterocycles. The fourth-order valence-electron chi connectivity index (χ4n) is 7.20. The Morgan fingerprint density at radius 3 is 2.48 bits per heavy atom. The maximum absolute atomic E-state index is 14.2. The van der Waals surface area contributed by atoms with Gasteiger partial charge in [-0.1, -0.05) is 75.9 Å². The molecule has 8 nitrogen and oxygen atoms in total. The molecule has 0 unspecified atom stereocenters. The molecule has 3 aliphatic heterocycles. The van der Waals surface area contributed by atoms with Gasteiger partial charge in [-0.3, -0.25) is 14.4 Å². The molecule has 2 N–H and O–H groups in total. The summed E-state index contributed by atoms with van der Waals surface area (Å²) < 4.78 is 6.47. The number of fused-ring (bicyclic) bond motifs is 1. The van der Waals surface area contributed by atoms with Gasteiger partial charge in [-0.2, -0.15) is 0 Å². The summed E-state index contributed by atoms with van der Waals surface area (Å²) >= 11 is 12.3. The Balaban J connectivity index is 1.44. The SMILES string of the molecule is CCN(CC)CCN1C(=O)[C@@H]2[C@H](C(=O)Nc3cc(Cl)cc(Cl)c3)[C@@H]3C=C[C@@]2(O3)[C@@H]1C(=O)N[C@@H]1CCC[C@H](C)[C@@H]1C. The van der Waals surface area contributed by atoms with Crippen LogP contribution in [0.3, 0.4) is 0 Å². The highest BCUT2D eigenvalue weighted by molar-refractivity contribution is 6.35. The maximum Gasteiger partial charge on any atom is 0.246 e. The quantitative estimate of drug-likeness (QED) is 0.417. The largest absolute Gasteiger partial charge is 0.359 e. The van der Waals surface area contributed by atoms with Crippen molar-refractivity contribution in [1.29, 1.82) is 0 Å². The lowest BCUT2D eigenvalue weighted by Gasteiger charge is -2.38. The molecule has 0 radical (unpaired) electrons. The van der Waals surface area contributed by atoms with Crippen LogP contribution in [0.4, 0.5) is 5.69 Å². The van der Waals surface area contributed by atoms with Crippen LogP contribution >= 0.6 is 23.2 Å². The van der Waals surface area contributed by atoms with Crippen LogP contribution in [0, 0.1) is 23.7 Å². The highest BCUT2D eigenvalue weighted by atomic mass is 35.5. The molecule has 1 aromatic rings. The van der Waals surface area contributed by atoms with E-state index in [0.717, 1.165) is 32.4 Å². The molecular weight excluding hydrogens is 551 g/mol. The van der Waals surface area contributed by atoms with E-state index in [1.54, 1.807) is 23.1 Å².